The van der Waals surface area contributed by atoms with E-state index in [9.17, 15) is 9.18 Å². The molecule has 2 N–H and O–H groups in total. The van der Waals surface area contributed by atoms with Gasteiger partial charge in [-0.05, 0) is 24.0 Å². The second-order valence-corrected chi connectivity index (χ2v) is 5.64. The molecule has 1 amide bonds. The minimum Gasteiger partial charge on any atom is -0.344 e. The highest BCUT2D eigenvalue weighted by atomic mass is 19.1. The number of halogens is 1. The zero-order chi connectivity index (χ0) is 13.7. The van der Waals surface area contributed by atoms with Crippen molar-refractivity contribution in [1.82, 2.24) is 20.2 Å². The summed E-state index contributed by atoms with van der Waals surface area (Å²) in [5, 5.41) is 3.34. The number of carbonyl (C=O) groups is 1. The summed E-state index contributed by atoms with van der Waals surface area (Å²) in [6.07, 6.45) is 1.49. The van der Waals surface area contributed by atoms with E-state index in [2.05, 4.69) is 15.3 Å². The first kappa shape index (κ1) is 11.8. The number of hydrogen-bond acceptors (Lipinski definition) is 3. The molecule has 4 rings (SSSR count). The Morgan fingerprint density at radius 1 is 1.30 bits per heavy atom. The van der Waals surface area contributed by atoms with Gasteiger partial charge in [0.2, 0.25) is 0 Å². The molecule has 2 aromatic rings. The lowest BCUT2D eigenvalue weighted by Gasteiger charge is -2.17. The van der Waals surface area contributed by atoms with E-state index in [1.54, 1.807) is 0 Å². The zero-order valence-corrected chi connectivity index (χ0v) is 10.9. The van der Waals surface area contributed by atoms with Gasteiger partial charge in [-0.25, -0.2) is 9.37 Å². The monoisotopic (exact) mass is 274 g/mol. The van der Waals surface area contributed by atoms with Crippen LogP contribution in [0.15, 0.2) is 18.5 Å². The molecule has 1 aromatic heterocycles. The Bertz CT molecular complexity index is 671. The highest BCUT2D eigenvalue weighted by molar-refractivity contribution is 6.04. The fourth-order valence-electron chi connectivity index (χ4n) is 3.37. The van der Waals surface area contributed by atoms with Gasteiger partial charge in [0.15, 0.2) is 0 Å². The Kier molecular flexibility index (Phi) is 2.53. The fourth-order valence-corrected chi connectivity index (χ4v) is 3.37. The number of aromatic amines is 1. The lowest BCUT2D eigenvalue weighted by atomic mass is 10.0. The first-order valence-electron chi connectivity index (χ1n) is 6.85. The number of benzene rings is 1. The van der Waals surface area contributed by atoms with Crippen molar-refractivity contribution in [3.8, 4) is 0 Å². The van der Waals surface area contributed by atoms with E-state index in [0.29, 0.717) is 28.4 Å². The Morgan fingerprint density at radius 3 is 2.80 bits per heavy atom. The SMILES string of the molecule is O=C(c1cc(F)cc2[nH]cnc12)N1C[C@H]2CNC[C@H]2C1. The molecular formula is C14H15FN4O. The smallest absolute Gasteiger partial charge is 0.256 e. The van der Waals surface area contributed by atoms with E-state index in [-0.39, 0.29) is 5.91 Å². The summed E-state index contributed by atoms with van der Waals surface area (Å²) in [6.45, 7) is 3.43. The topological polar surface area (TPSA) is 61.0 Å². The number of imidazole rings is 1. The third-order valence-corrected chi connectivity index (χ3v) is 4.40. The van der Waals surface area contributed by atoms with Gasteiger partial charge < -0.3 is 15.2 Å². The second kappa shape index (κ2) is 4.28. The number of aromatic nitrogens is 2. The molecule has 2 aliphatic rings. The molecule has 2 aliphatic heterocycles. The number of amides is 1. The number of fused-ring (bicyclic) bond motifs is 2. The van der Waals surface area contributed by atoms with Crippen LogP contribution in [0.4, 0.5) is 4.39 Å². The second-order valence-electron chi connectivity index (χ2n) is 5.64. The average molecular weight is 274 g/mol. The standard InChI is InChI=1S/C14H15FN4O/c15-10-1-11(13-12(2-10)17-7-18-13)14(20)19-5-8-3-16-4-9(8)6-19/h1-2,7-9,16H,3-6H2,(H,17,18)/t8-,9+. The number of likely N-dealkylation sites (tertiary alicyclic amines) is 1. The van der Waals surface area contributed by atoms with Crippen LogP contribution < -0.4 is 5.32 Å². The van der Waals surface area contributed by atoms with Gasteiger partial charge in [0.1, 0.15) is 11.3 Å². The van der Waals surface area contributed by atoms with Crippen LogP contribution in [0.25, 0.3) is 11.0 Å². The van der Waals surface area contributed by atoms with Crippen LogP contribution in [0, 0.1) is 17.7 Å². The van der Waals surface area contributed by atoms with Crippen molar-refractivity contribution in [3.63, 3.8) is 0 Å². The lowest BCUT2D eigenvalue weighted by molar-refractivity contribution is 0.0783. The minimum absolute atomic E-state index is 0.115. The maximum atomic E-state index is 13.6. The van der Waals surface area contributed by atoms with E-state index in [0.717, 1.165) is 26.2 Å². The van der Waals surface area contributed by atoms with E-state index in [4.69, 9.17) is 0 Å². The molecule has 2 saturated heterocycles. The maximum absolute atomic E-state index is 13.6. The van der Waals surface area contributed by atoms with Gasteiger partial charge in [0, 0.05) is 26.2 Å². The summed E-state index contributed by atoms with van der Waals surface area (Å²) in [6, 6.07) is 2.65. The molecule has 3 heterocycles. The van der Waals surface area contributed by atoms with Gasteiger partial charge in [-0.2, -0.15) is 0 Å². The Hall–Kier alpha value is -1.95. The molecule has 0 spiro atoms. The van der Waals surface area contributed by atoms with Gasteiger partial charge in [0.25, 0.3) is 5.91 Å². The largest absolute Gasteiger partial charge is 0.344 e. The van der Waals surface area contributed by atoms with E-state index in [1.165, 1.54) is 18.5 Å². The van der Waals surface area contributed by atoms with Crippen molar-refractivity contribution in [2.45, 2.75) is 0 Å². The van der Waals surface area contributed by atoms with E-state index in [1.807, 2.05) is 4.90 Å². The third-order valence-electron chi connectivity index (χ3n) is 4.40. The minimum atomic E-state index is -0.411. The summed E-state index contributed by atoms with van der Waals surface area (Å²) >= 11 is 0. The summed E-state index contributed by atoms with van der Waals surface area (Å²) in [5.74, 6) is 0.534. The fraction of sp³-hybridized carbons (Fsp3) is 0.429. The number of nitrogens with one attached hydrogen (secondary N) is 2. The maximum Gasteiger partial charge on any atom is 0.256 e. The van der Waals surface area contributed by atoms with Crippen LogP contribution in [-0.2, 0) is 0 Å². The van der Waals surface area contributed by atoms with Crippen molar-refractivity contribution < 1.29 is 9.18 Å². The Labute approximate surface area is 115 Å². The molecule has 104 valence electrons. The molecule has 6 heteroatoms. The van der Waals surface area contributed by atoms with Gasteiger partial charge in [-0.1, -0.05) is 0 Å². The summed E-state index contributed by atoms with van der Waals surface area (Å²) < 4.78 is 13.6. The summed E-state index contributed by atoms with van der Waals surface area (Å²) in [5.41, 5.74) is 1.47. The summed E-state index contributed by atoms with van der Waals surface area (Å²) in [7, 11) is 0. The summed E-state index contributed by atoms with van der Waals surface area (Å²) in [4.78, 5) is 21.5. The molecule has 0 bridgehead atoms. The zero-order valence-electron chi connectivity index (χ0n) is 10.9. The molecule has 0 saturated carbocycles. The van der Waals surface area contributed by atoms with Crippen molar-refractivity contribution in [2.24, 2.45) is 11.8 Å². The first-order chi connectivity index (χ1) is 9.72. The van der Waals surface area contributed by atoms with Crippen molar-refractivity contribution in [1.29, 1.82) is 0 Å². The highest BCUT2D eigenvalue weighted by Crippen LogP contribution is 2.28. The van der Waals surface area contributed by atoms with Gasteiger partial charge in [-0.3, -0.25) is 4.79 Å². The van der Waals surface area contributed by atoms with Gasteiger partial charge in [0.05, 0.1) is 17.4 Å². The third kappa shape index (κ3) is 1.71. The molecule has 0 unspecified atom stereocenters. The molecule has 1 aromatic carbocycles. The molecule has 2 atom stereocenters. The van der Waals surface area contributed by atoms with Crippen LogP contribution in [-0.4, -0.2) is 47.0 Å². The number of rotatable bonds is 1. The van der Waals surface area contributed by atoms with Crippen molar-refractivity contribution in [2.75, 3.05) is 26.2 Å². The molecule has 0 aliphatic carbocycles. The normalized spacial score (nSPS) is 25.4. The predicted molar refractivity (Wildman–Crippen MR) is 71.8 cm³/mol. The van der Waals surface area contributed by atoms with Crippen molar-refractivity contribution in [3.05, 3.63) is 29.8 Å². The lowest BCUT2D eigenvalue weighted by Crippen LogP contribution is -2.32. The highest BCUT2D eigenvalue weighted by Gasteiger charge is 2.38. The predicted octanol–water partition coefficient (Wildman–Crippen LogP) is 0.993. The van der Waals surface area contributed by atoms with Crippen LogP contribution in [0.2, 0.25) is 0 Å². The molecule has 20 heavy (non-hydrogen) atoms. The van der Waals surface area contributed by atoms with Gasteiger partial charge >= 0.3 is 0 Å². The Balaban J connectivity index is 1.69. The van der Waals surface area contributed by atoms with Crippen LogP contribution in [0.1, 0.15) is 10.4 Å². The van der Waals surface area contributed by atoms with Crippen LogP contribution >= 0.6 is 0 Å². The number of nitrogens with zero attached hydrogens (tertiary/aromatic N) is 2. The Morgan fingerprint density at radius 2 is 2.05 bits per heavy atom. The van der Waals surface area contributed by atoms with Gasteiger partial charge in [-0.15, -0.1) is 0 Å². The number of carbonyl (C=O) groups excluding carboxylic acids is 1. The number of H-pyrrole nitrogens is 1. The molecule has 0 radical (unpaired) electrons. The quantitative estimate of drug-likeness (QED) is 0.815. The average Bonchev–Trinajstić information content (AvgIpc) is 3.10. The first-order valence-corrected chi connectivity index (χ1v) is 6.85. The van der Waals surface area contributed by atoms with E-state index < -0.39 is 5.82 Å². The van der Waals surface area contributed by atoms with E-state index >= 15 is 0 Å². The van der Waals surface area contributed by atoms with Crippen LogP contribution in [0.5, 0.6) is 0 Å². The molecular weight excluding hydrogens is 259 g/mol. The number of hydrogen-bond donors (Lipinski definition) is 2. The molecule has 5 nitrogen and oxygen atoms in total. The molecule has 2 fully saturated rings. The van der Waals surface area contributed by atoms with Crippen LogP contribution in [0.3, 0.4) is 0 Å². The van der Waals surface area contributed by atoms with Crippen molar-refractivity contribution >= 4 is 16.9 Å².